The Morgan fingerprint density at radius 2 is 1.88 bits per heavy atom. The van der Waals surface area contributed by atoms with Crippen molar-refractivity contribution >= 4 is 11.8 Å². The Balaban J connectivity index is 4.30. The van der Waals surface area contributed by atoms with Crippen LogP contribution in [0.1, 0.15) is 0 Å². The number of nitrogens with zero attached hydrogens (tertiary/aromatic N) is 2. The van der Waals surface area contributed by atoms with Gasteiger partial charge in [-0.25, -0.2) is 0 Å². The number of ether oxygens (including phenoxy) is 1. The van der Waals surface area contributed by atoms with Crippen LogP contribution in [0.5, 0.6) is 0 Å². The second kappa shape index (κ2) is 8.06. The average Bonchev–Trinajstić information content (AvgIpc) is 2.23. The van der Waals surface area contributed by atoms with Crippen LogP contribution in [0, 0.1) is 0 Å². The summed E-state index contributed by atoms with van der Waals surface area (Å²) in [4.78, 5) is 26.1. The molecule has 0 unspecified atom stereocenters. The first kappa shape index (κ1) is 14.9. The van der Waals surface area contributed by atoms with Gasteiger partial charge in [0, 0.05) is 27.7 Å². The van der Waals surface area contributed by atoms with E-state index in [9.17, 15) is 9.59 Å². The Morgan fingerprint density at radius 1 is 1.25 bits per heavy atom. The number of rotatable bonds is 7. The summed E-state index contributed by atoms with van der Waals surface area (Å²) in [6.07, 6.45) is 0. The molecule has 6 heteroatoms. The summed E-state index contributed by atoms with van der Waals surface area (Å²) in [6.45, 7) is 1.17. The molecule has 0 heterocycles. The van der Waals surface area contributed by atoms with Crippen LogP contribution < -0.4 is 5.32 Å². The number of nitrogens with one attached hydrogen (secondary N) is 1. The fourth-order valence-corrected chi connectivity index (χ4v) is 1.06. The molecule has 0 saturated heterocycles. The zero-order valence-corrected chi connectivity index (χ0v) is 10.4. The van der Waals surface area contributed by atoms with Crippen molar-refractivity contribution in [1.82, 2.24) is 15.1 Å². The van der Waals surface area contributed by atoms with Crippen molar-refractivity contribution in [3.05, 3.63) is 0 Å². The van der Waals surface area contributed by atoms with E-state index in [1.807, 2.05) is 0 Å². The van der Waals surface area contributed by atoms with E-state index in [4.69, 9.17) is 4.74 Å². The number of methoxy groups -OCH3 is 1. The lowest BCUT2D eigenvalue weighted by atomic mass is 10.4. The lowest BCUT2D eigenvalue weighted by Crippen LogP contribution is -2.44. The highest BCUT2D eigenvalue weighted by molar-refractivity contribution is 5.85. The molecule has 0 bridgehead atoms. The van der Waals surface area contributed by atoms with Crippen LogP contribution in [-0.4, -0.2) is 76.1 Å². The molecule has 0 atom stereocenters. The second-order valence-corrected chi connectivity index (χ2v) is 3.63. The number of likely N-dealkylation sites (N-methyl/N-ethyl adjacent to an activating group) is 2. The number of hydrogen-bond acceptors (Lipinski definition) is 4. The fourth-order valence-electron chi connectivity index (χ4n) is 1.06. The molecule has 6 nitrogen and oxygen atoms in total. The van der Waals surface area contributed by atoms with E-state index in [-0.39, 0.29) is 24.9 Å². The van der Waals surface area contributed by atoms with Gasteiger partial charge in [-0.2, -0.15) is 0 Å². The molecule has 0 rings (SSSR count). The van der Waals surface area contributed by atoms with Gasteiger partial charge in [0.1, 0.15) is 0 Å². The van der Waals surface area contributed by atoms with Gasteiger partial charge in [0.05, 0.1) is 19.7 Å². The van der Waals surface area contributed by atoms with Gasteiger partial charge < -0.3 is 19.9 Å². The molecule has 0 aromatic heterocycles. The number of carbonyl (C=O) groups excluding carboxylic acids is 2. The van der Waals surface area contributed by atoms with Crippen molar-refractivity contribution in [2.75, 3.05) is 54.5 Å². The quantitative estimate of drug-likeness (QED) is 0.596. The zero-order chi connectivity index (χ0) is 12.6. The van der Waals surface area contributed by atoms with Crippen molar-refractivity contribution in [3.8, 4) is 0 Å². The van der Waals surface area contributed by atoms with E-state index >= 15 is 0 Å². The normalized spacial score (nSPS) is 10.0. The molecule has 1 N–H and O–H groups in total. The van der Waals surface area contributed by atoms with Crippen LogP contribution in [0.25, 0.3) is 0 Å². The van der Waals surface area contributed by atoms with Gasteiger partial charge >= 0.3 is 0 Å². The van der Waals surface area contributed by atoms with Gasteiger partial charge in [-0.05, 0) is 7.05 Å². The highest BCUT2D eigenvalue weighted by atomic mass is 16.5. The van der Waals surface area contributed by atoms with Gasteiger partial charge in [0.25, 0.3) is 0 Å². The third-order valence-corrected chi connectivity index (χ3v) is 2.07. The van der Waals surface area contributed by atoms with E-state index in [1.54, 1.807) is 28.3 Å². The molecule has 0 aromatic rings. The fraction of sp³-hybridized carbons (Fsp3) is 0.800. The monoisotopic (exact) mass is 231 g/mol. The van der Waals surface area contributed by atoms with Crippen LogP contribution in [0.2, 0.25) is 0 Å². The standard InChI is InChI=1S/C10H21N3O3/c1-11-7-9(14)13(5-6-16-4)8-10(15)12(2)3/h11H,5-8H2,1-4H3. The molecule has 16 heavy (non-hydrogen) atoms. The Hall–Kier alpha value is -1.14. The van der Waals surface area contributed by atoms with Crippen LogP contribution in [0.3, 0.4) is 0 Å². The topological polar surface area (TPSA) is 61.9 Å². The molecule has 0 fully saturated rings. The first-order chi connectivity index (χ1) is 7.52. The van der Waals surface area contributed by atoms with Crippen LogP contribution in [0.4, 0.5) is 0 Å². The first-order valence-electron chi connectivity index (χ1n) is 5.14. The number of carbonyl (C=O) groups is 2. The predicted molar refractivity (Wildman–Crippen MR) is 61.1 cm³/mol. The Labute approximate surface area is 96.5 Å². The molecule has 0 radical (unpaired) electrons. The zero-order valence-electron chi connectivity index (χ0n) is 10.4. The first-order valence-corrected chi connectivity index (χ1v) is 5.14. The van der Waals surface area contributed by atoms with Crippen LogP contribution in [-0.2, 0) is 14.3 Å². The largest absolute Gasteiger partial charge is 0.383 e. The third kappa shape index (κ3) is 5.67. The molecule has 0 spiro atoms. The molecule has 0 aliphatic rings. The average molecular weight is 231 g/mol. The smallest absolute Gasteiger partial charge is 0.241 e. The minimum absolute atomic E-state index is 0.0941. The van der Waals surface area contributed by atoms with E-state index in [0.717, 1.165) is 0 Å². The highest BCUT2D eigenvalue weighted by Crippen LogP contribution is 1.92. The summed E-state index contributed by atoms with van der Waals surface area (Å²) in [5.41, 5.74) is 0. The van der Waals surface area contributed by atoms with Crippen molar-refractivity contribution in [1.29, 1.82) is 0 Å². The van der Waals surface area contributed by atoms with Gasteiger partial charge in [0.2, 0.25) is 11.8 Å². The maximum Gasteiger partial charge on any atom is 0.241 e. The molecule has 0 saturated carbocycles. The highest BCUT2D eigenvalue weighted by Gasteiger charge is 2.16. The third-order valence-electron chi connectivity index (χ3n) is 2.07. The van der Waals surface area contributed by atoms with Crippen molar-refractivity contribution < 1.29 is 14.3 Å². The lowest BCUT2D eigenvalue weighted by molar-refractivity contribution is -0.139. The maximum atomic E-state index is 11.6. The van der Waals surface area contributed by atoms with E-state index in [0.29, 0.717) is 13.2 Å². The molecule has 2 amide bonds. The number of amides is 2. The lowest BCUT2D eigenvalue weighted by Gasteiger charge is -2.23. The summed E-state index contributed by atoms with van der Waals surface area (Å²) in [7, 11) is 6.59. The van der Waals surface area contributed by atoms with Crippen molar-refractivity contribution in [3.63, 3.8) is 0 Å². The summed E-state index contributed by atoms with van der Waals surface area (Å²) < 4.78 is 4.90. The Morgan fingerprint density at radius 3 is 2.31 bits per heavy atom. The molecule has 94 valence electrons. The van der Waals surface area contributed by atoms with Gasteiger partial charge in [-0.15, -0.1) is 0 Å². The molecular formula is C10H21N3O3. The SMILES string of the molecule is CNCC(=O)N(CCOC)CC(=O)N(C)C. The van der Waals surface area contributed by atoms with Gasteiger partial charge in [-0.3, -0.25) is 9.59 Å². The Bertz CT molecular complexity index is 231. The molecule has 0 aliphatic carbocycles. The van der Waals surface area contributed by atoms with Crippen molar-refractivity contribution in [2.45, 2.75) is 0 Å². The van der Waals surface area contributed by atoms with E-state index in [2.05, 4.69) is 5.32 Å². The van der Waals surface area contributed by atoms with Gasteiger partial charge in [-0.1, -0.05) is 0 Å². The van der Waals surface area contributed by atoms with E-state index < -0.39 is 0 Å². The molecule has 0 aromatic carbocycles. The van der Waals surface area contributed by atoms with Gasteiger partial charge in [0.15, 0.2) is 0 Å². The van der Waals surface area contributed by atoms with Crippen LogP contribution >= 0.6 is 0 Å². The minimum atomic E-state index is -0.102. The minimum Gasteiger partial charge on any atom is -0.383 e. The second-order valence-electron chi connectivity index (χ2n) is 3.63. The maximum absolute atomic E-state index is 11.6. The number of hydrogen-bond donors (Lipinski definition) is 1. The van der Waals surface area contributed by atoms with E-state index in [1.165, 1.54) is 9.80 Å². The molecule has 0 aliphatic heterocycles. The van der Waals surface area contributed by atoms with Crippen LogP contribution in [0.15, 0.2) is 0 Å². The summed E-state index contributed by atoms with van der Waals surface area (Å²) >= 11 is 0. The molecular weight excluding hydrogens is 210 g/mol. The van der Waals surface area contributed by atoms with Crippen molar-refractivity contribution in [2.24, 2.45) is 0 Å². The summed E-state index contributed by atoms with van der Waals surface area (Å²) in [5.74, 6) is -0.199. The Kier molecular flexibility index (Phi) is 7.49. The summed E-state index contributed by atoms with van der Waals surface area (Å²) in [6, 6.07) is 0. The summed E-state index contributed by atoms with van der Waals surface area (Å²) in [5, 5.41) is 2.77. The predicted octanol–water partition coefficient (Wildman–Crippen LogP) is -1.23.